The molecular formula is C16H12BrN. The smallest absolute Gasteiger partial charge is 0.0503 e. The van der Waals surface area contributed by atoms with Gasteiger partial charge in [0, 0.05) is 27.4 Å². The van der Waals surface area contributed by atoms with Crippen molar-refractivity contribution in [2.45, 2.75) is 13.3 Å². The number of hydrogen-bond donors (Lipinski definition) is 1. The van der Waals surface area contributed by atoms with Crippen LogP contribution in [-0.2, 0) is 6.42 Å². The summed E-state index contributed by atoms with van der Waals surface area (Å²) in [7, 11) is 0. The summed E-state index contributed by atoms with van der Waals surface area (Å²) in [6, 6.07) is 13.2. The van der Waals surface area contributed by atoms with E-state index in [-0.39, 0.29) is 0 Å². The van der Waals surface area contributed by atoms with Crippen molar-refractivity contribution >= 4 is 26.8 Å². The zero-order chi connectivity index (χ0) is 12.3. The summed E-state index contributed by atoms with van der Waals surface area (Å²) in [6.45, 7) is 2.14. The summed E-state index contributed by atoms with van der Waals surface area (Å²) >= 11 is 3.55. The Labute approximate surface area is 114 Å². The molecule has 0 radical (unpaired) electrons. The third kappa shape index (κ3) is 1.33. The van der Waals surface area contributed by atoms with Crippen LogP contribution in [0.25, 0.3) is 22.2 Å². The zero-order valence-corrected chi connectivity index (χ0v) is 11.6. The van der Waals surface area contributed by atoms with Crippen LogP contribution >= 0.6 is 15.9 Å². The molecule has 1 nitrogen and oxygen atoms in total. The molecule has 1 aromatic heterocycles. The summed E-state index contributed by atoms with van der Waals surface area (Å²) in [5.41, 5.74) is 8.07. The fraction of sp³-hybridized carbons (Fsp3) is 0.125. The van der Waals surface area contributed by atoms with Crippen LogP contribution in [0.5, 0.6) is 0 Å². The van der Waals surface area contributed by atoms with Crippen molar-refractivity contribution in [1.29, 1.82) is 0 Å². The largest absolute Gasteiger partial charge is 0.354 e. The monoisotopic (exact) mass is 297 g/mol. The zero-order valence-electron chi connectivity index (χ0n) is 10.0. The molecule has 0 saturated heterocycles. The minimum absolute atomic E-state index is 1.03. The number of rotatable bonds is 0. The highest BCUT2D eigenvalue weighted by Gasteiger charge is 2.22. The molecule has 2 aromatic carbocycles. The fourth-order valence-corrected chi connectivity index (χ4v) is 3.33. The average Bonchev–Trinajstić information content (AvgIpc) is 2.83. The van der Waals surface area contributed by atoms with Crippen molar-refractivity contribution in [2.24, 2.45) is 0 Å². The fourth-order valence-electron chi connectivity index (χ4n) is 2.93. The maximum Gasteiger partial charge on any atom is 0.0503 e. The van der Waals surface area contributed by atoms with Gasteiger partial charge in [-0.1, -0.05) is 34.1 Å². The molecule has 0 fully saturated rings. The maximum atomic E-state index is 3.58. The second-order valence-corrected chi connectivity index (χ2v) is 5.92. The van der Waals surface area contributed by atoms with Gasteiger partial charge >= 0.3 is 0 Å². The van der Waals surface area contributed by atoms with E-state index in [1.165, 1.54) is 38.9 Å². The van der Waals surface area contributed by atoms with Crippen LogP contribution in [0.2, 0.25) is 0 Å². The van der Waals surface area contributed by atoms with Crippen molar-refractivity contribution in [1.82, 2.24) is 4.98 Å². The van der Waals surface area contributed by atoms with Gasteiger partial charge in [-0.15, -0.1) is 0 Å². The second-order valence-electron chi connectivity index (χ2n) is 5.01. The van der Waals surface area contributed by atoms with Crippen molar-refractivity contribution < 1.29 is 0 Å². The molecule has 3 aromatic rings. The molecule has 88 valence electrons. The van der Waals surface area contributed by atoms with Crippen LogP contribution in [0.1, 0.15) is 16.7 Å². The topological polar surface area (TPSA) is 15.8 Å². The van der Waals surface area contributed by atoms with Gasteiger partial charge in [-0.25, -0.2) is 0 Å². The minimum atomic E-state index is 1.03. The first-order valence-corrected chi connectivity index (χ1v) is 6.92. The molecule has 0 atom stereocenters. The molecule has 0 spiro atoms. The second kappa shape index (κ2) is 3.48. The van der Waals surface area contributed by atoms with Crippen LogP contribution in [0.4, 0.5) is 0 Å². The molecule has 0 bridgehead atoms. The first-order chi connectivity index (χ1) is 8.72. The number of fused-ring (bicyclic) bond motifs is 5. The van der Waals surface area contributed by atoms with Crippen LogP contribution in [-0.4, -0.2) is 4.98 Å². The molecule has 1 heterocycles. The number of aromatic amines is 1. The Balaban J connectivity index is 2.04. The molecular weight excluding hydrogens is 286 g/mol. The predicted octanol–water partition coefficient (Wildman–Crippen LogP) is 4.81. The number of nitrogens with one attached hydrogen (secondary N) is 1. The van der Waals surface area contributed by atoms with E-state index in [9.17, 15) is 0 Å². The van der Waals surface area contributed by atoms with E-state index in [0.717, 1.165) is 10.9 Å². The van der Waals surface area contributed by atoms with Gasteiger partial charge in [0.2, 0.25) is 0 Å². The number of aryl methyl sites for hydroxylation is 1. The Hall–Kier alpha value is -1.54. The van der Waals surface area contributed by atoms with Crippen molar-refractivity contribution in [3.63, 3.8) is 0 Å². The summed E-state index contributed by atoms with van der Waals surface area (Å²) in [6.07, 6.45) is 1.03. The molecule has 0 unspecified atom stereocenters. The number of benzene rings is 2. The normalized spacial score (nSPS) is 12.8. The Morgan fingerprint density at radius 3 is 2.89 bits per heavy atom. The standard InChI is InChI=1S/C16H12BrN/c1-9-2-4-13-14-8-10-7-11(17)3-5-12(10)16(14)18-15(13)6-9/h2-7,18H,8H2,1H3. The lowest BCUT2D eigenvalue weighted by Gasteiger charge is -2.01. The van der Waals surface area contributed by atoms with Gasteiger partial charge in [-0.3, -0.25) is 0 Å². The van der Waals surface area contributed by atoms with Crippen LogP contribution < -0.4 is 0 Å². The van der Waals surface area contributed by atoms with Crippen LogP contribution in [0.3, 0.4) is 0 Å². The van der Waals surface area contributed by atoms with Crippen molar-refractivity contribution in [2.75, 3.05) is 0 Å². The van der Waals surface area contributed by atoms with E-state index in [1.54, 1.807) is 0 Å². The van der Waals surface area contributed by atoms with E-state index in [2.05, 4.69) is 64.2 Å². The first kappa shape index (κ1) is 10.4. The van der Waals surface area contributed by atoms with Gasteiger partial charge in [0.05, 0.1) is 5.69 Å². The summed E-state index contributed by atoms with van der Waals surface area (Å²) < 4.78 is 1.16. The molecule has 1 N–H and O–H groups in total. The molecule has 2 heteroatoms. The van der Waals surface area contributed by atoms with Gasteiger partial charge in [0.1, 0.15) is 0 Å². The van der Waals surface area contributed by atoms with E-state index < -0.39 is 0 Å². The third-order valence-corrected chi connectivity index (χ3v) is 4.26. The predicted molar refractivity (Wildman–Crippen MR) is 79.0 cm³/mol. The van der Waals surface area contributed by atoms with E-state index in [0.29, 0.717) is 0 Å². The molecule has 1 aliphatic carbocycles. The molecule has 0 saturated carbocycles. The number of hydrogen-bond acceptors (Lipinski definition) is 0. The summed E-state index contributed by atoms with van der Waals surface area (Å²) in [4.78, 5) is 3.58. The summed E-state index contributed by atoms with van der Waals surface area (Å²) in [5.74, 6) is 0. The summed E-state index contributed by atoms with van der Waals surface area (Å²) in [5, 5.41) is 1.36. The average molecular weight is 298 g/mol. The Bertz CT molecular complexity index is 783. The van der Waals surface area contributed by atoms with Crippen molar-refractivity contribution in [3.8, 4) is 11.3 Å². The Morgan fingerprint density at radius 2 is 2.00 bits per heavy atom. The molecule has 18 heavy (non-hydrogen) atoms. The lowest BCUT2D eigenvalue weighted by molar-refractivity contribution is 1.28. The maximum absolute atomic E-state index is 3.58. The van der Waals surface area contributed by atoms with E-state index in [4.69, 9.17) is 0 Å². The highest BCUT2D eigenvalue weighted by molar-refractivity contribution is 9.10. The van der Waals surface area contributed by atoms with Crippen molar-refractivity contribution in [3.05, 3.63) is 57.6 Å². The van der Waals surface area contributed by atoms with Crippen LogP contribution in [0.15, 0.2) is 40.9 Å². The molecule has 0 aliphatic heterocycles. The van der Waals surface area contributed by atoms with Gasteiger partial charge in [0.25, 0.3) is 0 Å². The lowest BCUT2D eigenvalue weighted by atomic mass is 10.1. The quantitative estimate of drug-likeness (QED) is 0.479. The number of aromatic nitrogens is 1. The highest BCUT2D eigenvalue weighted by Crippen LogP contribution is 2.41. The highest BCUT2D eigenvalue weighted by atomic mass is 79.9. The minimum Gasteiger partial charge on any atom is -0.354 e. The molecule has 1 aliphatic rings. The van der Waals surface area contributed by atoms with E-state index in [1.807, 2.05) is 0 Å². The van der Waals surface area contributed by atoms with E-state index >= 15 is 0 Å². The SMILES string of the molecule is Cc1ccc2c3c([nH]c2c1)-c1ccc(Br)cc1C3. The first-order valence-electron chi connectivity index (χ1n) is 6.12. The van der Waals surface area contributed by atoms with Gasteiger partial charge < -0.3 is 4.98 Å². The molecule has 0 amide bonds. The number of H-pyrrole nitrogens is 1. The van der Waals surface area contributed by atoms with Crippen LogP contribution in [0, 0.1) is 6.92 Å². The van der Waals surface area contributed by atoms with Gasteiger partial charge in [-0.05, 0) is 41.8 Å². The Morgan fingerprint density at radius 1 is 1.11 bits per heavy atom. The third-order valence-electron chi connectivity index (χ3n) is 3.77. The number of halogens is 1. The molecule has 4 rings (SSSR count). The Kier molecular flexibility index (Phi) is 2.01. The van der Waals surface area contributed by atoms with Gasteiger partial charge in [0.15, 0.2) is 0 Å². The lowest BCUT2D eigenvalue weighted by Crippen LogP contribution is -1.82. The van der Waals surface area contributed by atoms with Gasteiger partial charge in [-0.2, -0.15) is 0 Å².